The SMILES string of the molecule is C/C=C/CCN1CCC(NCCC)C1=O. The van der Waals surface area contributed by atoms with Crippen LogP contribution in [0.1, 0.15) is 33.1 Å². The quantitative estimate of drug-likeness (QED) is 0.675. The second-order valence-corrected chi connectivity index (χ2v) is 3.98. The van der Waals surface area contributed by atoms with Crippen molar-refractivity contribution < 1.29 is 4.79 Å². The predicted molar refractivity (Wildman–Crippen MR) is 62.7 cm³/mol. The van der Waals surface area contributed by atoms with Crippen LogP contribution in [0.5, 0.6) is 0 Å². The average Bonchev–Trinajstić information content (AvgIpc) is 2.58. The van der Waals surface area contributed by atoms with E-state index in [4.69, 9.17) is 0 Å². The summed E-state index contributed by atoms with van der Waals surface area (Å²) in [5.41, 5.74) is 0. The smallest absolute Gasteiger partial charge is 0.239 e. The molecule has 1 fully saturated rings. The van der Waals surface area contributed by atoms with Crippen molar-refractivity contribution in [2.24, 2.45) is 0 Å². The highest BCUT2D eigenvalue weighted by atomic mass is 16.2. The molecule has 1 unspecified atom stereocenters. The van der Waals surface area contributed by atoms with Gasteiger partial charge in [0.2, 0.25) is 5.91 Å². The number of amides is 1. The summed E-state index contributed by atoms with van der Waals surface area (Å²) in [5.74, 6) is 0.285. The number of allylic oxidation sites excluding steroid dienone is 1. The molecule has 0 aromatic rings. The highest BCUT2D eigenvalue weighted by Crippen LogP contribution is 2.11. The summed E-state index contributed by atoms with van der Waals surface area (Å²) in [6.45, 7) is 6.86. The van der Waals surface area contributed by atoms with E-state index in [2.05, 4.69) is 18.3 Å². The third-order valence-electron chi connectivity index (χ3n) is 2.74. The highest BCUT2D eigenvalue weighted by Gasteiger charge is 2.29. The van der Waals surface area contributed by atoms with Crippen LogP contribution < -0.4 is 5.32 Å². The molecule has 0 spiro atoms. The first-order valence-corrected chi connectivity index (χ1v) is 5.93. The summed E-state index contributed by atoms with van der Waals surface area (Å²) in [6.07, 6.45) is 7.17. The summed E-state index contributed by atoms with van der Waals surface area (Å²) in [7, 11) is 0. The van der Waals surface area contributed by atoms with E-state index >= 15 is 0 Å². The van der Waals surface area contributed by atoms with Crippen molar-refractivity contribution in [3.05, 3.63) is 12.2 Å². The van der Waals surface area contributed by atoms with Gasteiger partial charge in [0.15, 0.2) is 0 Å². The molecule has 1 saturated heterocycles. The van der Waals surface area contributed by atoms with Crippen LogP contribution in [-0.2, 0) is 4.79 Å². The lowest BCUT2D eigenvalue weighted by Crippen LogP contribution is -2.38. The molecule has 86 valence electrons. The van der Waals surface area contributed by atoms with Crippen molar-refractivity contribution in [2.75, 3.05) is 19.6 Å². The van der Waals surface area contributed by atoms with E-state index in [1.54, 1.807) is 0 Å². The highest BCUT2D eigenvalue weighted by molar-refractivity contribution is 5.83. The Bertz CT molecular complexity index is 226. The number of carbonyl (C=O) groups is 1. The van der Waals surface area contributed by atoms with E-state index in [-0.39, 0.29) is 11.9 Å². The van der Waals surface area contributed by atoms with Gasteiger partial charge in [0, 0.05) is 13.1 Å². The maximum Gasteiger partial charge on any atom is 0.239 e. The fourth-order valence-electron chi connectivity index (χ4n) is 1.87. The maximum absolute atomic E-state index is 11.8. The zero-order valence-electron chi connectivity index (χ0n) is 9.83. The molecule has 1 heterocycles. The zero-order chi connectivity index (χ0) is 11.1. The van der Waals surface area contributed by atoms with E-state index in [0.717, 1.165) is 38.9 Å². The number of nitrogens with one attached hydrogen (secondary N) is 1. The molecule has 1 atom stereocenters. The van der Waals surface area contributed by atoms with Gasteiger partial charge in [0.1, 0.15) is 0 Å². The van der Waals surface area contributed by atoms with E-state index in [1.165, 1.54) is 0 Å². The normalized spacial score (nSPS) is 21.9. The fourth-order valence-corrected chi connectivity index (χ4v) is 1.87. The fraction of sp³-hybridized carbons (Fsp3) is 0.750. The molecule has 1 N–H and O–H groups in total. The summed E-state index contributed by atoms with van der Waals surface area (Å²) >= 11 is 0. The van der Waals surface area contributed by atoms with Crippen molar-refractivity contribution >= 4 is 5.91 Å². The summed E-state index contributed by atoms with van der Waals surface area (Å²) in [6, 6.07) is 0.0792. The molecule has 0 radical (unpaired) electrons. The van der Waals surface area contributed by atoms with E-state index in [0.29, 0.717) is 0 Å². The Hall–Kier alpha value is -0.830. The molecule has 1 amide bonds. The van der Waals surface area contributed by atoms with Gasteiger partial charge in [-0.15, -0.1) is 0 Å². The Balaban J connectivity index is 2.28. The minimum Gasteiger partial charge on any atom is -0.341 e. The van der Waals surface area contributed by atoms with Crippen molar-refractivity contribution in [1.82, 2.24) is 10.2 Å². The average molecular weight is 210 g/mol. The van der Waals surface area contributed by atoms with Crippen LogP contribution in [0.15, 0.2) is 12.2 Å². The molecule has 3 nitrogen and oxygen atoms in total. The Morgan fingerprint density at radius 3 is 3.07 bits per heavy atom. The second-order valence-electron chi connectivity index (χ2n) is 3.98. The number of hydrogen-bond acceptors (Lipinski definition) is 2. The first kappa shape index (κ1) is 12.2. The molecule has 3 heteroatoms. The topological polar surface area (TPSA) is 32.3 Å². The van der Waals surface area contributed by atoms with Gasteiger partial charge in [0.05, 0.1) is 6.04 Å². The summed E-state index contributed by atoms with van der Waals surface area (Å²) < 4.78 is 0. The van der Waals surface area contributed by atoms with Crippen molar-refractivity contribution in [3.63, 3.8) is 0 Å². The molecule has 0 aromatic heterocycles. The third-order valence-corrected chi connectivity index (χ3v) is 2.74. The molecule has 0 aliphatic carbocycles. The van der Waals surface area contributed by atoms with Crippen LogP contribution in [0.2, 0.25) is 0 Å². The molecule has 1 aliphatic heterocycles. The molecular weight excluding hydrogens is 188 g/mol. The largest absolute Gasteiger partial charge is 0.341 e. The Labute approximate surface area is 92.5 Å². The monoisotopic (exact) mass is 210 g/mol. The van der Waals surface area contributed by atoms with Gasteiger partial charge in [-0.25, -0.2) is 0 Å². The lowest BCUT2D eigenvalue weighted by molar-refractivity contribution is -0.129. The van der Waals surface area contributed by atoms with Gasteiger partial charge in [-0.1, -0.05) is 19.1 Å². The van der Waals surface area contributed by atoms with E-state index in [1.807, 2.05) is 17.9 Å². The molecular formula is C12H22N2O. The van der Waals surface area contributed by atoms with Gasteiger partial charge in [-0.05, 0) is 32.7 Å². The summed E-state index contributed by atoms with van der Waals surface area (Å²) in [5, 5.41) is 3.29. The third kappa shape index (κ3) is 3.67. The Morgan fingerprint density at radius 1 is 1.60 bits per heavy atom. The standard InChI is InChI=1S/C12H22N2O/c1-3-5-6-9-14-10-7-11(12(14)15)13-8-4-2/h3,5,11,13H,4,6-10H2,1-2H3/b5-3+. The van der Waals surface area contributed by atoms with E-state index < -0.39 is 0 Å². The number of rotatable bonds is 6. The van der Waals surface area contributed by atoms with E-state index in [9.17, 15) is 4.79 Å². The Kier molecular flexibility index (Phi) is 5.40. The van der Waals surface area contributed by atoms with Crippen molar-refractivity contribution in [2.45, 2.75) is 39.2 Å². The van der Waals surface area contributed by atoms with Crippen molar-refractivity contribution in [1.29, 1.82) is 0 Å². The molecule has 1 aliphatic rings. The summed E-state index contributed by atoms with van der Waals surface area (Å²) in [4.78, 5) is 13.8. The predicted octanol–water partition coefficient (Wildman–Crippen LogP) is 1.55. The lowest BCUT2D eigenvalue weighted by Gasteiger charge is -2.15. The van der Waals surface area contributed by atoms with Crippen molar-refractivity contribution in [3.8, 4) is 0 Å². The van der Waals surface area contributed by atoms with Gasteiger partial charge in [-0.2, -0.15) is 0 Å². The molecule has 15 heavy (non-hydrogen) atoms. The van der Waals surface area contributed by atoms with Gasteiger partial charge >= 0.3 is 0 Å². The minimum absolute atomic E-state index is 0.0792. The molecule has 0 saturated carbocycles. The first-order chi connectivity index (χ1) is 7.29. The van der Waals surface area contributed by atoms with Gasteiger partial charge < -0.3 is 10.2 Å². The minimum atomic E-state index is 0.0792. The Morgan fingerprint density at radius 2 is 2.40 bits per heavy atom. The molecule has 0 bridgehead atoms. The van der Waals surface area contributed by atoms with Crippen LogP contribution in [-0.4, -0.2) is 36.5 Å². The first-order valence-electron chi connectivity index (χ1n) is 5.93. The van der Waals surface area contributed by atoms with Gasteiger partial charge in [-0.3, -0.25) is 4.79 Å². The van der Waals surface area contributed by atoms with Crippen LogP contribution in [0.25, 0.3) is 0 Å². The second kappa shape index (κ2) is 6.62. The van der Waals surface area contributed by atoms with Crippen LogP contribution >= 0.6 is 0 Å². The number of likely N-dealkylation sites (tertiary alicyclic amines) is 1. The van der Waals surface area contributed by atoms with Crippen LogP contribution in [0.3, 0.4) is 0 Å². The lowest BCUT2D eigenvalue weighted by atomic mass is 10.2. The zero-order valence-corrected chi connectivity index (χ0v) is 9.83. The maximum atomic E-state index is 11.8. The van der Waals surface area contributed by atoms with Crippen LogP contribution in [0, 0.1) is 0 Å². The number of hydrogen-bond donors (Lipinski definition) is 1. The number of nitrogens with zero attached hydrogens (tertiary/aromatic N) is 1. The molecule has 0 aromatic carbocycles. The molecule has 1 rings (SSSR count). The van der Waals surface area contributed by atoms with Gasteiger partial charge in [0.25, 0.3) is 0 Å². The van der Waals surface area contributed by atoms with Crippen LogP contribution in [0.4, 0.5) is 0 Å². The number of carbonyl (C=O) groups excluding carboxylic acids is 1.